The summed E-state index contributed by atoms with van der Waals surface area (Å²) in [6, 6.07) is 4.77. The minimum absolute atomic E-state index is 0.0525. The highest BCUT2D eigenvalue weighted by atomic mass is 19.4. The van der Waals surface area contributed by atoms with Crippen LogP contribution in [0.2, 0.25) is 0 Å². The molecule has 1 fully saturated rings. The topological polar surface area (TPSA) is 130 Å². The maximum atomic E-state index is 14.2. The third-order valence-corrected chi connectivity index (χ3v) is 7.90. The van der Waals surface area contributed by atoms with Gasteiger partial charge < -0.3 is 20.9 Å². The van der Waals surface area contributed by atoms with Gasteiger partial charge in [0, 0.05) is 17.7 Å². The first kappa shape index (κ1) is 27.8. The number of rotatable bonds is 6. The number of fused-ring (bicyclic) bond motifs is 1. The highest BCUT2D eigenvalue weighted by Gasteiger charge is 2.56. The molecule has 0 bridgehead atoms. The summed E-state index contributed by atoms with van der Waals surface area (Å²) in [5, 5.41) is 13.2. The van der Waals surface area contributed by atoms with Crippen molar-refractivity contribution in [3.05, 3.63) is 59.7 Å². The Bertz CT molecular complexity index is 1350. The van der Waals surface area contributed by atoms with E-state index in [1.54, 1.807) is 13.0 Å². The lowest BCUT2D eigenvalue weighted by atomic mass is 9.91. The maximum absolute atomic E-state index is 14.2. The van der Waals surface area contributed by atoms with E-state index in [1.165, 1.54) is 35.4 Å². The number of guanidine groups is 1. The number of aliphatic hydroxyl groups excluding tert-OH is 1. The number of aliphatic hydroxyl groups is 1. The average Bonchev–Trinajstić information content (AvgIpc) is 3.67. The lowest BCUT2D eigenvalue weighted by Crippen LogP contribution is -2.54. The van der Waals surface area contributed by atoms with Crippen LogP contribution in [0.3, 0.4) is 0 Å². The number of ether oxygens (including phenoxy) is 1. The van der Waals surface area contributed by atoms with Gasteiger partial charge in [-0.15, -0.1) is 0 Å². The van der Waals surface area contributed by atoms with Crippen molar-refractivity contribution in [3.63, 3.8) is 0 Å². The van der Waals surface area contributed by atoms with Crippen LogP contribution in [0.4, 0.5) is 17.6 Å². The van der Waals surface area contributed by atoms with Crippen molar-refractivity contribution in [1.29, 1.82) is 0 Å². The zero-order valence-corrected chi connectivity index (χ0v) is 21.7. The van der Waals surface area contributed by atoms with Gasteiger partial charge in [-0.3, -0.25) is 19.5 Å². The molecule has 3 aliphatic rings. The van der Waals surface area contributed by atoms with Crippen molar-refractivity contribution in [2.75, 3.05) is 0 Å². The molecule has 3 heterocycles. The van der Waals surface area contributed by atoms with Crippen LogP contribution >= 0.6 is 0 Å². The van der Waals surface area contributed by atoms with Gasteiger partial charge in [-0.05, 0) is 43.4 Å². The summed E-state index contributed by atoms with van der Waals surface area (Å²) < 4.78 is 60.1. The summed E-state index contributed by atoms with van der Waals surface area (Å²) in [5.41, 5.74) is 6.05. The molecule has 13 heteroatoms. The second kappa shape index (κ2) is 10.0. The number of nitrogens with one attached hydrogen (secondary N) is 1. The van der Waals surface area contributed by atoms with Crippen molar-refractivity contribution in [2.45, 2.75) is 69.1 Å². The molecule has 1 aromatic heterocycles. The number of alkyl halides is 3. The van der Waals surface area contributed by atoms with Crippen LogP contribution in [0, 0.1) is 17.7 Å². The lowest BCUT2D eigenvalue weighted by molar-refractivity contribution is -0.229. The molecule has 9 nitrogen and oxygen atoms in total. The first-order chi connectivity index (χ1) is 18.8. The SMILES string of the molecule is CCC1(C)CC(=O)N(C(c2cncc(F)c2)C2CC2C(=O)NC2c3ccccc3OC(C(F)(F)F)C2O)C(N)=N1. The zero-order valence-electron chi connectivity index (χ0n) is 21.7. The van der Waals surface area contributed by atoms with Crippen molar-refractivity contribution >= 4 is 17.8 Å². The van der Waals surface area contributed by atoms with E-state index in [1.807, 2.05) is 6.92 Å². The molecule has 2 aliphatic heterocycles. The maximum Gasteiger partial charge on any atom is 0.428 e. The fourth-order valence-corrected chi connectivity index (χ4v) is 5.55. The molecule has 1 saturated carbocycles. The van der Waals surface area contributed by atoms with E-state index in [0.29, 0.717) is 12.0 Å². The Balaban J connectivity index is 1.43. The standard InChI is InChI=1S/C27H29F4N5O4/c1-3-26(2)10-19(37)36(25(32)35-26)21(13-8-14(28)12-33-11-13)16-9-17(16)24(39)34-20-15-6-4-5-7-18(15)40-23(22(20)38)27(29,30)31/h4-8,11-12,16-17,20-23,38H,3,9-10H2,1-2H3,(H2,32,35)(H,34,39). The number of carbonyl (C=O) groups is 2. The molecule has 5 rings (SSSR count). The van der Waals surface area contributed by atoms with E-state index in [9.17, 15) is 32.3 Å². The van der Waals surface area contributed by atoms with Crippen LogP contribution in [0.25, 0.3) is 0 Å². The van der Waals surface area contributed by atoms with Crippen LogP contribution in [-0.4, -0.2) is 56.7 Å². The van der Waals surface area contributed by atoms with Gasteiger partial charge in [-0.1, -0.05) is 25.1 Å². The summed E-state index contributed by atoms with van der Waals surface area (Å²) in [4.78, 5) is 36.4. The number of para-hydroxylation sites is 1. The monoisotopic (exact) mass is 563 g/mol. The molecule has 2 aromatic rings. The molecule has 7 atom stereocenters. The Morgan fingerprint density at radius 2 is 2.05 bits per heavy atom. The largest absolute Gasteiger partial charge is 0.478 e. The van der Waals surface area contributed by atoms with Crippen LogP contribution < -0.4 is 15.8 Å². The molecule has 1 aliphatic carbocycles. The Morgan fingerprint density at radius 3 is 2.70 bits per heavy atom. The number of carbonyl (C=O) groups excluding carboxylic acids is 2. The predicted octanol–water partition coefficient (Wildman–Crippen LogP) is 3.16. The van der Waals surface area contributed by atoms with Gasteiger partial charge in [-0.25, -0.2) is 9.38 Å². The van der Waals surface area contributed by atoms with Gasteiger partial charge in [0.2, 0.25) is 17.9 Å². The summed E-state index contributed by atoms with van der Waals surface area (Å²) in [6.45, 7) is 3.67. The summed E-state index contributed by atoms with van der Waals surface area (Å²) in [7, 11) is 0. The quantitative estimate of drug-likeness (QED) is 0.463. The Hall–Kier alpha value is -3.74. The van der Waals surface area contributed by atoms with Gasteiger partial charge in [0.05, 0.1) is 30.2 Å². The van der Waals surface area contributed by atoms with Gasteiger partial charge >= 0.3 is 6.18 Å². The highest BCUT2D eigenvalue weighted by Crippen LogP contribution is 2.52. The van der Waals surface area contributed by atoms with Crippen LogP contribution in [0.15, 0.2) is 47.7 Å². The van der Waals surface area contributed by atoms with Gasteiger partial charge in [0.1, 0.15) is 17.7 Å². The number of hydrogen-bond donors (Lipinski definition) is 3. The second-order valence-electron chi connectivity index (χ2n) is 10.7. The number of aliphatic imine (C=N–C) groups is 1. The summed E-state index contributed by atoms with van der Waals surface area (Å²) in [6.07, 6.45) is -6.30. The number of hydrogen-bond acceptors (Lipinski definition) is 7. The molecule has 40 heavy (non-hydrogen) atoms. The molecular formula is C27H29F4N5O4. The molecule has 0 saturated heterocycles. The second-order valence-corrected chi connectivity index (χ2v) is 10.7. The van der Waals surface area contributed by atoms with Crippen molar-refractivity contribution in [3.8, 4) is 5.75 Å². The van der Waals surface area contributed by atoms with E-state index >= 15 is 0 Å². The van der Waals surface area contributed by atoms with E-state index < -0.39 is 59.6 Å². The third-order valence-electron chi connectivity index (χ3n) is 7.90. The first-order valence-electron chi connectivity index (χ1n) is 12.9. The predicted molar refractivity (Wildman–Crippen MR) is 134 cm³/mol. The van der Waals surface area contributed by atoms with E-state index in [0.717, 1.165) is 6.20 Å². The fraction of sp³-hybridized carbons (Fsp3) is 0.481. The molecule has 0 spiro atoms. The van der Waals surface area contributed by atoms with E-state index in [2.05, 4.69) is 15.3 Å². The number of benzene rings is 1. The number of nitrogens with two attached hydrogens (primary N) is 1. The molecule has 2 amide bonds. The Morgan fingerprint density at radius 1 is 1.32 bits per heavy atom. The first-order valence-corrected chi connectivity index (χ1v) is 12.9. The molecule has 1 aromatic carbocycles. The number of halogens is 4. The fourth-order valence-electron chi connectivity index (χ4n) is 5.55. The number of amides is 2. The molecular weight excluding hydrogens is 534 g/mol. The average molecular weight is 564 g/mol. The normalized spacial score (nSPS) is 30.6. The van der Waals surface area contributed by atoms with Crippen LogP contribution in [0.1, 0.15) is 56.3 Å². The minimum Gasteiger partial charge on any atom is -0.478 e. The van der Waals surface area contributed by atoms with Gasteiger partial charge in [0.25, 0.3) is 0 Å². The van der Waals surface area contributed by atoms with Gasteiger partial charge in [0.15, 0.2) is 5.96 Å². The molecule has 4 N–H and O–H groups in total. The number of pyridine rings is 1. The van der Waals surface area contributed by atoms with Gasteiger partial charge in [-0.2, -0.15) is 13.2 Å². The Kier molecular flexibility index (Phi) is 6.97. The third kappa shape index (κ3) is 5.09. The van der Waals surface area contributed by atoms with Crippen molar-refractivity contribution in [1.82, 2.24) is 15.2 Å². The van der Waals surface area contributed by atoms with Crippen LogP contribution in [0.5, 0.6) is 5.75 Å². The molecule has 214 valence electrons. The summed E-state index contributed by atoms with van der Waals surface area (Å²) in [5.74, 6) is -3.11. The number of aromatic nitrogens is 1. The van der Waals surface area contributed by atoms with E-state index in [4.69, 9.17) is 10.5 Å². The summed E-state index contributed by atoms with van der Waals surface area (Å²) >= 11 is 0. The van der Waals surface area contributed by atoms with Crippen LogP contribution in [-0.2, 0) is 9.59 Å². The zero-order chi connectivity index (χ0) is 29.0. The van der Waals surface area contributed by atoms with Crippen molar-refractivity contribution in [2.24, 2.45) is 22.6 Å². The lowest BCUT2D eigenvalue weighted by Gasteiger charge is -2.39. The van der Waals surface area contributed by atoms with E-state index in [-0.39, 0.29) is 36.0 Å². The molecule has 7 unspecified atom stereocenters. The molecule has 0 radical (unpaired) electrons. The number of nitrogens with zero attached hydrogens (tertiary/aromatic N) is 3. The smallest absolute Gasteiger partial charge is 0.428 e. The highest BCUT2D eigenvalue weighted by molar-refractivity contribution is 5.99. The van der Waals surface area contributed by atoms with Crippen molar-refractivity contribution < 1.29 is 37.0 Å². The Labute approximate surface area is 227 Å². The minimum atomic E-state index is -4.88.